The van der Waals surface area contributed by atoms with Gasteiger partial charge in [-0.3, -0.25) is 9.59 Å². The molecule has 0 aliphatic carbocycles. The van der Waals surface area contributed by atoms with Crippen molar-refractivity contribution in [1.29, 1.82) is 0 Å². The summed E-state index contributed by atoms with van der Waals surface area (Å²) in [6, 6.07) is 13.9. The maximum atomic E-state index is 13.0. The lowest BCUT2D eigenvalue weighted by atomic mass is 10.1. The fourth-order valence-electron chi connectivity index (χ4n) is 2.99. The molecule has 0 fully saturated rings. The van der Waals surface area contributed by atoms with Gasteiger partial charge in [-0.05, 0) is 49.6 Å². The molecule has 0 aliphatic rings. The predicted octanol–water partition coefficient (Wildman–Crippen LogP) is 3.80. The number of nitrogens with one attached hydrogen (secondary N) is 1. The second-order valence-corrected chi connectivity index (χ2v) is 7.43. The van der Waals surface area contributed by atoms with Crippen LogP contribution in [0.15, 0.2) is 53.1 Å². The summed E-state index contributed by atoms with van der Waals surface area (Å²) in [6.07, 6.45) is 2.19. The van der Waals surface area contributed by atoms with Crippen molar-refractivity contribution in [2.45, 2.75) is 39.0 Å². The van der Waals surface area contributed by atoms with E-state index in [1.807, 2.05) is 31.2 Å². The Labute approximate surface area is 186 Å². The van der Waals surface area contributed by atoms with E-state index in [1.54, 1.807) is 12.1 Å². The fourth-order valence-corrected chi connectivity index (χ4v) is 2.99. The molecule has 0 radical (unpaired) electrons. The Morgan fingerprint density at radius 3 is 2.53 bits per heavy atom. The number of ether oxygens (including phenoxy) is 1. The number of nitrogens with zero attached hydrogens (tertiary/aromatic N) is 2. The number of benzene rings is 2. The number of carbonyl (C=O) groups is 2. The van der Waals surface area contributed by atoms with Crippen LogP contribution >= 0.6 is 0 Å². The maximum absolute atomic E-state index is 13.0. The zero-order chi connectivity index (χ0) is 22.8. The summed E-state index contributed by atoms with van der Waals surface area (Å²) in [5.41, 5.74) is 2.96. The molecule has 0 saturated carbocycles. The molecular formula is C24H26FN3O4. The molecule has 1 amide bonds. The second kappa shape index (κ2) is 11.7. The Balaban J connectivity index is 1.26. The Hall–Kier alpha value is -3.55. The Bertz CT molecular complexity index is 1020. The van der Waals surface area contributed by atoms with Crippen molar-refractivity contribution in [3.63, 3.8) is 0 Å². The highest BCUT2D eigenvalue weighted by Crippen LogP contribution is 2.17. The summed E-state index contributed by atoms with van der Waals surface area (Å²) in [7, 11) is 0. The van der Waals surface area contributed by atoms with Gasteiger partial charge in [0.25, 0.3) is 0 Å². The van der Waals surface area contributed by atoms with Crippen LogP contribution in [0.5, 0.6) is 0 Å². The van der Waals surface area contributed by atoms with E-state index >= 15 is 0 Å². The first kappa shape index (κ1) is 23.1. The lowest BCUT2D eigenvalue weighted by Gasteiger charge is -2.07. The summed E-state index contributed by atoms with van der Waals surface area (Å²) < 4.78 is 23.3. The van der Waals surface area contributed by atoms with E-state index in [4.69, 9.17) is 9.26 Å². The van der Waals surface area contributed by atoms with Gasteiger partial charge in [0.1, 0.15) is 12.4 Å². The molecular weight excluding hydrogens is 413 g/mol. The number of rotatable bonds is 11. The SMILES string of the molecule is Cc1ccc(CCC(=O)NCCOC(=O)CCCc2nc(-c3ccc(F)cc3)no2)cc1. The molecule has 8 heteroatoms. The van der Waals surface area contributed by atoms with Crippen molar-refractivity contribution in [2.75, 3.05) is 13.2 Å². The average molecular weight is 439 g/mol. The Morgan fingerprint density at radius 1 is 1.03 bits per heavy atom. The molecule has 0 bridgehead atoms. The van der Waals surface area contributed by atoms with E-state index in [9.17, 15) is 14.0 Å². The second-order valence-electron chi connectivity index (χ2n) is 7.43. The standard InChI is InChI=1S/C24H26FN3O4/c1-17-5-7-18(8-6-17)9-14-21(29)26-15-16-31-23(30)4-2-3-22-27-24(28-32-22)19-10-12-20(25)13-11-19/h5-8,10-13H,2-4,9,14-16H2,1H3,(H,26,29). The number of hydrogen-bond acceptors (Lipinski definition) is 6. The molecule has 2 aromatic carbocycles. The summed E-state index contributed by atoms with van der Waals surface area (Å²) in [6.45, 7) is 2.43. The first-order chi connectivity index (χ1) is 15.5. The van der Waals surface area contributed by atoms with Crippen LogP contribution in [0, 0.1) is 12.7 Å². The number of esters is 1. The number of halogens is 1. The number of aromatic nitrogens is 2. The van der Waals surface area contributed by atoms with Crippen LogP contribution in [0.25, 0.3) is 11.4 Å². The predicted molar refractivity (Wildman–Crippen MR) is 116 cm³/mol. The maximum Gasteiger partial charge on any atom is 0.305 e. The van der Waals surface area contributed by atoms with Crippen molar-refractivity contribution < 1.29 is 23.2 Å². The molecule has 0 aliphatic heterocycles. The fraction of sp³-hybridized carbons (Fsp3) is 0.333. The molecule has 1 N–H and O–H groups in total. The van der Waals surface area contributed by atoms with Gasteiger partial charge in [-0.25, -0.2) is 4.39 Å². The van der Waals surface area contributed by atoms with Crippen LogP contribution in [0.3, 0.4) is 0 Å². The lowest BCUT2D eigenvalue weighted by Crippen LogP contribution is -2.28. The first-order valence-electron chi connectivity index (χ1n) is 10.6. The average Bonchev–Trinajstić information content (AvgIpc) is 3.26. The van der Waals surface area contributed by atoms with Gasteiger partial charge in [0.05, 0.1) is 6.54 Å². The summed E-state index contributed by atoms with van der Waals surface area (Å²) in [5, 5.41) is 6.61. The lowest BCUT2D eigenvalue weighted by molar-refractivity contribution is -0.144. The number of hydrogen-bond donors (Lipinski definition) is 1. The summed E-state index contributed by atoms with van der Waals surface area (Å²) in [4.78, 5) is 28.0. The highest BCUT2D eigenvalue weighted by atomic mass is 19.1. The van der Waals surface area contributed by atoms with Gasteiger partial charge in [0, 0.05) is 24.8 Å². The first-order valence-corrected chi connectivity index (χ1v) is 10.6. The monoisotopic (exact) mass is 439 g/mol. The van der Waals surface area contributed by atoms with E-state index in [1.165, 1.54) is 17.7 Å². The van der Waals surface area contributed by atoms with E-state index < -0.39 is 0 Å². The quantitative estimate of drug-likeness (QED) is 0.361. The zero-order valence-corrected chi connectivity index (χ0v) is 18.0. The van der Waals surface area contributed by atoms with E-state index in [2.05, 4.69) is 15.5 Å². The number of aryl methyl sites for hydroxylation is 3. The van der Waals surface area contributed by atoms with Crippen LogP contribution in [-0.2, 0) is 27.2 Å². The molecule has 1 aromatic heterocycles. The largest absolute Gasteiger partial charge is 0.464 e. The molecule has 0 atom stereocenters. The van der Waals surface area contributed by atoms with Gasteiger partial charge < -0.3 is 14.6 Å². The molecule has 7 nitrogen and oxygen atoms in total. The Kier molecular flexibility index (Phi) is 8.48. The minimum absolute atomic E-state index is 0.0741. The highest BCUT2D eigenvalue weighted by Gasteiger charge is 2.10. The van der Waals surface area contributed by atoms with E-state index in [0.717, 1.165) is 5.56 Å². The molecule has 0 saturated heterocycles. The molecule has 3 rings (SSSR count). The van der Waals surface area contributed by atoms with Gasteiger partial charge in [0.15, 0.2) is 0 Å². The van der Waals surface area contributed by atoms with E-state index in [0.29, 0.717) is 43.0 Å². The van der Waals surface area contributed by atoms with Crippen LogP contribution in [0.2, 0.25) is 0 Å². The van der Waals surface area contributed by atoms with Gasteiger partial charge in [-0.1, -0.05) is 35.0 Å². The van der Waals surface area contributed by atoms with Gasteiger partial charge in [0.2, 0.25) is 17.6 Å². The summed E-state index contributed by atoms with van der Waals surface area (Å²) >= 11 is 0. The van der Waals surface area contributed by atoms with Crippen LogP contribution in [0.1, 0.15) is 36.3 Å². The minimum atomic E-state index is -0.350. The van der Waals surface area contributed by atoms with Gasteiger partial charge in [-0.15, -0.1) is 0 Å². The molecule has 168 valence electrons. The molecule has 0 spiro atoms. The number of carbonyl (C=O) groups excluding carboxylic acids is 2. The zero-order valence-electron chi connectivity index (χ0n) is 18.0. The third-order valence-electron chi connectivity index (χ3n) is 4.79. The normalized spacial score (nSPS) is 10.7. The third kappa shape index (κ3) is 7.61. The molecule has 32 heavy (non-hydrogen) atoms. The number of amides is 1. The highest BCUT2D eigenvalue weighted by molar-refractivity contribution is 5.76. The molecule has 3 aromatic rings. The van der Waals surface area contributed by atoms with E-state index in [-0.39, 0.29) is 37.3 Å². The van der Waals surface area contributed by atoms with Gasteiger partial charge >= 0.3 is 5.97 Å². The van der Waals surface area contributed by atoms with Crippen LogP contribution in [0.4, 0.5) is 4.39 Å². The van der Waals surface area contributed by atoms with Crippen molar-refractivity contribution in [3.05, 3.63) is 71.4 Å². The van der Waals surface area contributed by atoms with Crippen LogP contribution < -0.4 is 5.32 Å². The van der Waals surface area contributed by atoms with Gasteiger partial charge in [-0.2, -0.15) is 4.98 Å². The molecule has 1 heterocycles. The smallest absolute Gasteiger partial charge is 0.305 e. The summed E-state index contributed by atoms with van der Waals surface area (Å²) in [5.74, 6) is 0.0172. The van der Waals surface area contributed by atoms with Crippen molar-refractivity contribution in [1.82, 2.24) is 15.5 Å². The van der Waals surface area contributed by atoms with Crippen molar-refractivity contribution in [3.8, 4) is 11.4 Å². The topological polar surface area (TPSA) is 94.3 Å². The molecule has 0 unspecified atom stereocenters. The Morgan fingerprint density at radius 2 is 1.78 bits per heavy atom. The third-order valence-corrected chi connectivity index (χ3v) is 4.79. The van der Waals surface area contributed by atoms with Crippen molar-refractivity contribution in [2.24, 2.45) is 0 Å². The van der Waals surface area contributed by atoms with Crippen LogP contribution in [-0.4, -0.2) is 35.2 Å². The minimum Gasteiger partial charge on any atom is -0.464 e. The van der Waals surface area contributed by atoms with Crippen molar-refractivity contribution >= 4 is 11.9 Å².